The van der Waals surface area contributed by atoms with E-state index in [1.54, 1.807) is 21.0 Å². The number of rotatable bonds is 1. The van der Waals surface area contributed by atoms with Gasteiger partial charge in [0.1, 0.15) is 0 Å². The molecule has 0 fully saturated rings. The summed E-state index contributed by atoms with van der Waals surface area (Å²) in [5, 5.41) is 10.9. The van der Waals surface area contributed by atoms with Gasteiger partial charge in [0.2, 0.25) is 0 Å². The van der Waals surface area contributed by atoms with Crippen LogP contribution in [0.5, 0.6) is 0 Å². The van der Waals surface area contributed by atoms with Gasteiger partial charge in [-0.3, -0.25) is 0 Å². The quantitative estimate of drug-likeness (QED) is 0.231. The zero-order chi connectivity index (χ0) is 6.41. The van der Waals surface area contributed by atoms with Crippen molar-refractivity contribution in [3.8, 4) is 0 Å². The monoisotopic (exact) mass is 114 g/mol. The molecule has 4 heteroatoms. The van der Waals surface area contributed by atoms with E-state index < -0.39 is 0 Å². The van der Waals surface area contributed by atoms with Gasteiger partial charge in [-0.1, -0.05) is 0 Å². The molecule has 0 unspecified atom stereocenters. The molecule has 0 saturated heterocycles. The van der Waals surface area contributed by atoms with Gasteiger partial charge in [0, 0.05) is 14.1 Å². The second kappa shape index (κ2) is 4.23. The van der Waals surface area contributed by atoms with Crippen LogP contribution in [0.4, 0.5) is 0 Å². The molecule has 4 nitrogen and oxygen atoms in total. The van der Waals surface area contributed by atoms with Crippen molar-refractivity contribution in [2.24, 2.45) is 15.3 Å². The molecular formula is C4H10N4. The summed E-state index contributed by atoms with van der Waals surface area (Å²) >= 11 is 0. The molecule has 0 aromatic rings. The van der Waals surface area contributed by atoms with E-state index >= 15 is 0 Å². The molecule has 0 bridgehead atoms. The van der Waals surface area contributed by atoms with E-state index in [-0.39, 0.29) is 0 Å². The average molecular weight is 114 g/mol. The van der Waals surface area contributed by atoms with Crippen molar-refractivity contribution in [3.63, 3.8) is 0 Å². The van der Waals surface area contributed by atoms with Gasteiger partial charge in [0.05, 0.1) is 0 Å². The first kappa shape index (κ1) is 7.07. The van der Waals surface area contributed by atoms with Crippen LogP contribution < -0.4 is 5.43 Å². The van der Waals surface area contributed by atoms with Gasteiger partial charge in [-0.15, -0.1) is 5.11 Å². The Kier molecular flexibility index (Phi) is 3.74. The Labute approximate surface area is 48.7 Å². The highest BCUT2D eigenvalue weighted by Gasteiger charge is 1.77. The number of hydrazone groups is 1. The maximum atomic E-state index is 3.72. The summed E-state index contributed by atoms with van der Waals surface area (Å²) in [5.41, 5.74) is 2.59. The maximum Gasteiger partial charge on any atom is 0.167 e. The second-order valence-electron chi connectivity index (χ2n) is 1.18. The molecule has 1 N–H and O–H groups in total. The molecule has 0 heterocycles. The van der Waals surface area contributed by atoms with E-state index in [9.17, 15) is 0 Å². The summed E-state index contributed by atoms with van der Waals surface area (Å²) in [6, 6.07) is 0. The largest absolute Gasteiger partial charge is 0.311 e. The highest BCUT2D eigenvalue weighted by atomic mass is 15.3. The summed E-state index contributed by atoms with van der Waals surface area (Å²) < 4.78 is 0. The number of nitrogens with zero attached hydrogens (tertiary/aromatic N) is 3. The van der Waals surface area contributed by atoms with Crippen molar-refractivity contribution in [1.29, 1.82) is 0 Å². The van der Waals surface area contributed by atoms with Gasteiger partial charge in [-0.05, 0) is 6.92 Å². The molecule has 0 radical (unpaired) electrons. The van der Waals surface area contributed by atoms with Crippen molar-refractivity contribution in [2.45, 2.75) is 6.92 Å². The van der Waals surface area contributed by atoms with Crippen LogP contribution in [-0.2, 0) is 0 Å². The van der Waals surface area contributed by atoms with Crippen LogP contribution in [-0.4, -0.2) is 19.9 Å². The Morgan fingerprint density at radius 3 is 2.50 bits per heavy atom. The SMILES string of the molecule is C/N=N\C(C)=N/NC. The van der Waals surface area contributed by atoms with Crippen molar-refractivity contribution in [3.05, 3.63) is 0 Å². The fraction of sp³-hybridized carbons (Fsp3) is 0.750. The first-order valence-corrected chi connectivity index (χ1v) is 2.32. The van der Waals surface area contributed by atoms with Gasteiger partial charge in [0.15, 0.2) is 5.84 Å². The van der Waals surface area contributed by atoms with Crippen LogP contribution in [0.15, 0.2) is 15.3 Å². The van der Waals surface area contributed by atoms with E-state index in [1.165, 1.54) is 0 Å². The standard InChI is InChI=1S/C4H10N4/c1-4(7-5-2)8-6-3/h5H,1-3H3/b7-4-,8-6-. The van der Waals surface area contributed by atoms with E-state index in [2.05, 4.69) is 20.8 Å². The van der Waals surface area contributed by atoms with Crippen LogP contribution in [0.3, 0.4) is 0 Å². The first-order valence-electron chi connectivity index (χ1n) is 2.32. The Hall–Kier alpha value is -0.930. The topological polar surface area (TPSA) is 49.1 Å². The smallest absolute Gasteiger partial charge is 0.167 e. The zero-order valence-electron chi connectivity index (χ0n) is 5.34. The highest BCUT2D eigenvalue weighted by Crippen LogP contribution is 1.75. The number of amidine groups is 1. The zero-order valence-corrected chi connectivity index (χ0v) is 5.34. The molecule has 46 valence electrons. The minimum Gasteiger partial charge on any atom is -0.311 e. The lowest BCUT2D eigenvalue weighted by Gasteiger charge is -1.86. The lowest BCUT2D eigenvalue weighted by molar-refractivity contribution is 0.891. The van der Waals surface area contributed by atoms with E-state index in [0.29, 0.717) is 5.84 Å². The summed E-state index contributed by atoms with van der Waals surface area (Å²) in [6.45, 7) is 1.77. The summed E-state index contributed by atoms with van der Waals surface area (Å²) in [7, 11) is 3.32. The molecule has 0 rings (SSSR count). The van der Waals surface area contributed by atoms with Crippen LogP contribution in [0, 0.1) is 0 Å². The molecule has 0 aromatic heterocycles. The van der Waals surface area contributed by atoms with Crippen molar-refractivity contribution >= 4 is 5.84 Å². The Balaban J connectivity index is 3.61. The van der Waals surface area contributed by atoms with Crippen LogP contribution in [0.1, 0.15) is 6.92 Å². The third kappa shape index (κ3) is 3.27. The Morgan fingerprint density at radius 1 is 1.50 bits per heavy atom. The molecule has 0 aromatic carbocycles. The van der Waals surface area contributed by atoms with Gasteiger partial charge in [-0.25, -0.2) is 0 Å². The van der Waals surface area contributed by atoms with Gasteiger partial charge >= 0.3 is 0 Å². The maximum absolute atomic E-state index is 3.72. The van der Waals surface area contributed by atoms with Crippen molar-refractivity contribution in [1.82, 2.24) is 5.43 Å². The molecule has 8 heavy (non-hydrogen) atoms. The van der Waals surface area contributed by atoms with Gasteiger partial charge in [0.25, 0.3) is 0 Å². The molecular weight excluding hydrogens is 104 g/mol. The van der Waals surface area contributed by atoms with Crippen LogP contribution in [0.25, 0.3) is 0 Å². The Morgan fingerprint density at radius 2 is 2.12 bits per heavy atom. The normalized spacial score (nSPS) is 12.6. The third-order valence-corrected chi connectivity index (χ3v) is 0.518. The fourth-order valence-corrected chi connectivity index (χ4v) is 0.329. The minimum atomic E-state index is 0.634. The molecule has 0 saturated carbocycles. The molecule has 0 amide bonds. The molecule has 0 aliphatic heterocycles. The molecule has 0 atom stereocenters. The summed E-state index contributed by atoms with van der Waals surface area (Å²) in [6.07, 6.45) is 0. The number of nitrogens with one attached hydrogen (secondary N) is 1. The van der Waals surface area contributed by atoms with Crippen LogP contribution >= 0.6 is 0 Å². The van der Waals surface area contributed by atoms with Gasteiger partial charge < -0.3 is 5.43 Å². The van der Waals surface area contributed by atoms with Crippen LogP contribution in [0.2, 0.25) is 0 Å². The molecule has 0 aliphatic carbocycles. The van der Waals surface area contributed by atoms with E-state index in [0.717, 1.165) is 0 Å². The lowest BCUT2D eigenvalue weighted by Crippen LogP contribution is -1.97. The average Bonchev–Trinajstić information content (AvgIpc) is 1.68. The lowest BCUT2D eigenvalue weighted by atomic mass is 10.7. The van der Waals surface area contributed by atoms with E-state index in [1.807, 2.05) is 0 Å². The second-order valence-corrected chi connectivity index (χ2v) is 1.18. The third-order valence-electron chi connectivity index (χ3n) is 0.518. The van der Waals surface area contributed by atoms with Crippen molar-refractivity contribution < 1.29 is 0 Å². The van der Waals surface area contributed by atoms with Crippen molar-refractivity contribution in [2.75, 3.05) is 14.1 Å². The molecule has 0 spiro atoms. The number of hydrogen-bond acceptors (Lipinski definition) is 3. The highest BCUT2D eigenvalue weighted by molar-refractivity contribution is 5.79. The summed E-state index contributed by atoms with van der Waals surface area (Å²) in [4.78, 5) is 0. The number of hydrogen-bond donors (Lipinski definition) is 1. The van der Waals surface area contributed by atoms with E-state index in [4.69, 9.17) is 0 Å². The molecule has 0 aliphatic rings. The Bertz CT molecular complexity index is 105. The predicted molar refractivity (Wildman–Crippen MR) is 32.9 cm³/mol. The predicted octanol–water partition coefficient (Wildman–Crippen LogP) is 0.621. The fourth-order valence-electron chi connectivity index (χ4n) is 0.329. The van der Waals surface area contributed by atoms with Gasteiger partial charge in [-0.2, -0.15) is 10.2 Å². The minimum absolute atomic E-state index is 0.634. The summed E-state index contributed by atoms with van der Waals surface area (Å²) in [5.74, 6) is 0.634. The first-order chi connectivity index (χ1) is 3.81. The number of azo groups is 1.